The van der Waals surface area contributed by atoms with Crippen LogP contribution in [0, 0.1) is 0 Å². The van der Waals surface area contributed by atoms with Crippen LogP contribution in [-0.2, 0) is 16.2 Å². The quantitative estimate of drug-likeness (QED) is 0.540. The number of methoxy groups -OCH3 is 1. The van der Waals surface area contributed by atoms with E-state index in [1.807, 2.05) is 36.4 Å². The average Bonchev–Trinajstić information content (AvgIpc) is 3.12. The maximum atomic E-state index is 11.8. The monoisotopic (exact) mass is 380 g/mol. The van der Waals surface area contributed by atoms with Crippen molar-refractivity contribution in [2.24, 2.45) is 10.2 Å². The first kappa shape index (κ1) is 19.1. The van der Waals surface area contributed by atoms with E-state index in [0.717, 1.165) is 11.1 Å². The van der Waals surface area contributed by atoms with Gasteiger partial charge in [-0.1, -0.05) is 30.3 Å². The van der Waals surface area contributed by atoms with Gasteiger partial charge in [0.15, 0.2) is 11.5 Å². The van der Waals surface area contributed by atoms with Crippen LogP contribution in [0.5, 0.6) is 11.5 Å². The summed E-state index contributed by atoms with van der Waals surface area (Å²) in [4.78, 5) is 22.8. The number of carbonyl (C=O) groups is 2. The Morgan fingerprint density at radius 2 is 2.07 bits per heavy atom. The molecule has 2 amide bonds. The third kappa shape index (κ3) is 5.41. The van der Waals surface area contributed by atoms with E-state index in [2.05, 4.69) is 21.1 Å². The Kier molecular flexibility index (Phi) is 6.35. The van der Waals surface area contributed by atoms with E-state index in [0.29, 0.717) is 23.8 Å². The molecule has 0 fully saturated rings. The minimum Gasteiger partial charge on any atom is -0.493 e. The van der Waals surface area contributed by atoms with E-state index in [1.54, 1.807) is 19.2 Å². The fourth-order valence-corrected chi connectivity index (χ4v) is 2.53. The van der Waals surface area contributed by atoms with E-state index >= 15 is 0 Å². The Labute approximate surface area is 162 Å². The molecule has 0 unspecified atom stereocenters. The summed E-state index contributed by atoms with van der Waals surface area (Å²) in [5, 5.41) is 7.69. The predicted molar refractivity (Wildman–Crippen MR) is 104 cm³/mol. The van der Waals surface area contributed by atoms with Crippen LogP contribution in [0.1, 0.15) is 24.0 Å². The van der Waals surface area contributed by atoms with E-state index in [1.165, 1.54) is 6.21 Å². The highest BCUT2D eigenvalue weighted by atomic mass is 16.5. The van der Waals surface area contributed by atoms with Gasteiger partial charge in [0.25, 0.3) is 0 Å². The third-order valence-electron chi connectivity index (χ3n) is 3.90. The van der Waals surface area contributed by atoms with Gasteiger partial charge in [0, 0.05) is 0 Å². The van der Waals surface area contributed by atoms with Crippen molar-refractivity contribution in [3.8, 4) is 11.5 Å². The van der Waals surface area contributed by atoms with Crippen molar-refractivity contribution in [1.82, 2.24) is 10.9 Å². The first-order valence-electron chi connectivity index (χ1n) is 8.65. The molecule has 144 valence electrons. The molecule has 0 saturated carbocycles. The van der Waals surface area contributed by atoms with Gasteiger partial charge in [0.2, 0.25) is 11.8 Å². The second-order valence-electron chi connectivity index (χ2n) is 6.04. The molecule has 0 aromatic heterocycles. The summed E-state index contributed by atoms with van der Waals surface area (Å²) in [6.07, 6.45) is 1.66. The van der Waals surface area contributed by atoms with Gasteiger partial charge in [-0.3, -0.25) is 9.59 Å². The van der Waals surface area contributed by atoms with Gasteiger partial charge in [-0.25, -0.2) is 10.9 Å². The molecule has 0 saturated heterocycles. The molecule has 0 aliphatic carbocycles. The zero-order chi connectivity index (χ0) is 19.8. The van der Waals surface area contributed by atoms with Gasteiger partial charge in [0.05, 0.1) is 31.9 Å². The molecule has 1 aliphatic rings. The smallest absolute Gasteiger partial charge is 0.245 e. The SMILES string of the molecule is COc1cc(/C=N/NC(=O)CC2=NNC(=O)C2)ccc1OCc1ccccc1. The number of ether oxygens (including phenoxy) is 2. The van der Waals surface area contributed by atoms with Crippen LogP contribution in [0.15, 0.2) is 58.7 Å². The lowest BCUT2D eigenvalue weighted by Gasteiger charge is -2.11. The van der Waals surface area contributed by atoms with E-state index < -0.39 is 0 Å². The lowest BCUT2D eigenvalue weighted by Crippen LogP contribution is -2.20. The number of hydrazone groups is 2. The minimum absolute atomic E-state index is 0.0195. The Balaban J connectivity index is 1.54. The molecule has 8 heteroatoms. The summed E-state index contributed by atoms with van der Waals surface area (Å²) in [6, 6.07) is 15.2. The highest BCUT2D eigenvalue weighted by Gasteiger charge is 2.17. The van der Waals surface area contributed by atoms with E-state index in [9.17, 15) is 9.59 Å². The fraction of sp³-hybridized carbons (Fsp3) is 0.200. The standard InChI is InChI=1S/C20H20N4O4/c1-27-18-9-15(7-8-17(18)28-13-14-5-3-2-4-6-14)12-21-23-19(25)10-16-11-20(26)24-22-16/h2-9,12H,10-11,13H2,1H3,(H,23,25)(H,24,26)/b21-12+. The van der Waals surface area contributed by atoms with Crippen molar-refractivity contribution < 1.29 is 19.1 Å². The molecule has 1 heterocycles. The molecule has 1 aliphatic heterocycles. The Bertz CT molecular complexity index is 910. The van der Waals surface area contributed by atoms with Crippen LogP contribution >= 0.6 is 0 Å². The van der Waals surface area contributed by atoms with Crippen molar-refractivity contribution in [2.45, 2.75) is 19.4 Å². The zero-order valence-electron chi connectivity index (χ0n) is 15.3. The van der Waals surface area contributed by atoms with Crippen LogP contribution in [0.2, 0.25) is 0 Å². The van der Waals surface area contributed by atoms with Gasteiger partial charge < -0.3 is 9.47 Å². The van der Waals surface area contributed by atoms with Gasteiger partial charge in [0.1, 0.15) is 6.61 Å². The molecule has 2 aromatic carbocycles. The highest BCUT2D eigenvalue weighted by Crippen LogP contribution is 2.28. The predicted octanol–water partition coefficient (Wildman–Crippen LogP) is 1.99. The summed E-state index contributed by atoms with van der Waals surface area (Å²) in [5.41, 5.74) is 6.99. The molecule has 28 heavy (non-hydrogen) atoms. The number of rotatable bonds is 8. The van der Waals surface area contributed by atoms with Gasteiger partial charge >= 0.3 is 0 Å². The number of carbonyl (C=O) groups excluding carboxylic acids is 2. The van der Waals surface area contributed by atoms with Crippen LogP contribution < -0.4 is 20.3 Å². The molecule has 2 N–H and O–H groups in total. The molecule has 0 atom stereocenters. The number of benzene rings is 2. The topological polar surface area (TPSA) is 101 Å². The molecule has 0 radical (unpaired) electrons. The zero-order valence-corrected chi connectivity index (χ0v) is 15.3. The largest absolute Gasteiger partial charge is 0.493 e. The van der Waals surface area contributed by atoms with Crippen molar-refractivity contribution in [3.63, 3.8) is 0 Å². The summed E-state index contributed by atoms with van der Waals surface area (Å²) < 4.78 is 11.2. The Morgan fingerprint density at radius 3 is 2.79 bits per heavy atom. The number of hydrogen-bond donors (Lipinski definition) is 2. The van der Waals surface area contributed by atoms with Gasteiger partial charge in [-0.2, -0.15) is 10.2 Å². The lowest BCUT2D eigenvalue weighted by atomic mass is 10.2. The Morgan fingerprint density at radius 1 is 1.25 bits per heavy atom. The number of amides is 2. The van der Waals surface area contributed by atoms with Crippen molar-refractivity contribution >= 4 is 23.7 Å². The molecule has 3 rings (SSSR count). The molecule has 2 aromatic rings. The second-order valence-corrected chi connectivity index (χ2v) is 6.04. The number of nitrogens with zero attached hydrogens (tertiary/aromatic N) is 2. The maximum Gasteiger partial charge on any atom is 0.245 e. The van der Waals surface area contributed by atoms with Crippen molar-refractivity contribution in [3.05, 3.63) is 59.7 Å². The third-order valence-corrected chi connectivity index (χ3v) is 3.90. The molecular weight excluding hydrogens is 360 g/mol. The second kappa shape index (κ2) is 9.31. The summed E-state index contributed by atoms with van der Waals surface area (Å²) >= 11 is 0. The van der Waals surface area contributed by atoms with Crippen LogP contribution in [0.25, 0.3) is 0 Å². The van der Waals surface area contributed by atoms with Gasteiger partial charge in [-0.05, 0) is 29.3 Å². The molecule has 8 nitrogen and oxygen atoms in total. The fourth-order valence-electron chi connectivity index (χ4n) is 2.53. The lowest BCUT2D eigenvalue weighted by molar-refractivity contribution is -0.119. The number of hydrogen-bond acceptors (Lipinski definition) is 6. The van der Waals surface area contributed by atoms with Crippen molar-refractivity contribution in [1.29, 1.82) is 0 Å². The average molecular weight is 380 g/mol. The summed E-state index contributed by atoms with van der Waals surface area (Å²) in [5.74, 6) is 0.620. The first-order chi connectivity index (χ1) is 13.6. The molecule has 0 spiro atoms. The van der Waals surface area contributed by atoms with Crippen LogP contribution in [-0.4, -0.2) is 30.9 Å². The number of nitrogens with one attached hydrogen (secondary N) is 2. The maximum absolute atomic E-state index is 11.8. The normalized spacial score (nSPS) is 13.2. The Hall–Kier alpha value is -3.68. The van der Waals surface area contributed by atoms with E-state index in [-0.39, 0.29) is 24.7 Å². The first-order valence-corrected chi connectivity index (χ1v) is 8.65. The van der Waals surface area contributed by atoms with Gasteiger partial charge in [-0.15, -0.1) is 0 Å². The summed E-state index contributed by atoms with van der Waals surface area (Å²) in [6.45, 7) is 0.432. The molecular formula is C20H20N4O4. The highest BCUT2D eigenvalue weighted by molar-refractivity contribution is 6.11. The molecule has 0 bridgehead atoms. The summed E-state index contributed by atoms with van der Waals surface area (Å²) in [7, 11) is 1.56. The van der Waals surface area contributed by atoms with Crippen LogP contribution in [0.4, 0.5) is 0 Å². The minimum atomic E-state index is -0.346. The van der Waals surface area contributed by atoms with Crippen molar-refractivity contribution in [2.75, 3.05) is 7.11 Å². The van der Waals surface area contributed by atoms with Crippen LogP contribution in [0.3, 0.4) is 0 Å². The van der Waals surface area contributed by atoms with E-state index in [4.69, 9.17) is 9.47 Å².